The van der Waals surface area contributed by atoms with E-state index in [1.807, 2.05) is 13.1 Å². The van der Waals surface area contributed by atoms with Crippen molar-refractivity contribution in [2.45, 2.75) is 39.0 Å². The third-order valence-electron chi connectivity index (χ3n) is 3.96. The van der Waals surface area contributed by atoms with E-state index in [-0.39, 0.29) is 5.41 Å². The van der Waals surface area contributed by atoms with E-state index in [1.165, 1.54) is 37.7 Å². The fraction of sp³-hybridized carbons (Fsp3) is 0.643. The second-order valence-corrected chi connectivity index (χ2v) is 6.32. The monoisotopic (exact) mass is 311 g/mol. The molecule has 3 N–H and O–H groups in total. The molecule has 1 heterocycles. The van der Waals surface area contributed by atoms with Crippen molar-refractivity contribution in [3.63, 3.8) is 0 Å². The molecule has 3 nitrogen and oxygen atoms in total. The molecule has 0 amide bonds. The van der Waals surface area contributed by atoms with E-state index in [2.05, 4.69) is 32.3 Å². The van der Waals surface area contributed by atoms with Gasteiger partial charge in [0, 0.05) is 12.7 Å². The summed E-state index contributed by atoms with van der Waals surface area (Å²) in [5.41, 5.74) is 7.43. The van der Waals surface area contributed by atoms with Crippen molar-refractivity contribution >= 4 is 21.7 Å². The fourth-order valence-corrected chi connectivity index (χ4v) is 3.29. The third kappa shape index (κ3) is 3.23. The van der Waals surface area contributed by atoms with E-state index < -0.39 is 0 Å². The first-order valence-electron chi connectivity index (χ1n) is 6.71. The molecule has 0 aliphatic heterocycles. The minimum Gasteiger partial charge on any atom is -0.369 e. The molecule has 0 saturated heterocycles. The molecule has 1 aliphatic rings. The minimum atomic E-state index is 0.268. The van der Waals surface area contributed by atoms with Crippen LogP contribution in [0.5, 0.6) is 0 Å². The normalized spacial score (nSPS) is 18.6. The van der Waals surface area contributed by atoms with Gasteiger partial charge in [-0.2, -0.15) is 0 Å². The van der Waals surface area contributed by atoms with E-state index in [0.717, 1.165) is 23.4 Å². The highest BCUT2D eigenvalue weighted by molar-refractivity contribution is 9.10. The molecular formula is C14H22BrN3. The SMILES string of the molecule is Cc1cnc(NCC2(CN)CCCCC2)c(Br)c1. The number of halogens is 1. The van der Waals surface area contributed by atoms with Gasteiger partial charge in [-0.15, -0.1) is 0 Å². The van der Waals surface area contributed by atoms with Gasteiger partial charge in [-0.3, -0.25) is 0 Å². The number of nitrogens with two attached hydrogens (primary N) is 1. The predicted octanol–water partition coefficient (Wildman–Crippen LogP) is 3.47. The van der Waals surface area contributed by atoms with Gasteiger partial charge in [0.25, 0.3) is 0 Å². The van der Waals surface area contributed by atoms with Crippen molar-refractivity contribution in [1.29, 1.82) is 0 Å². The summed E-state index contributed by atoms with van der Waals surface area (Å²) in [6, 6.07) is 2.09. The van der Waals surface area contributed by atoms with Crippen LogP contribution in [-0.2, 0) is 0 Å². The van der Waals surface area contributed by atoms with Crippen LogP contribution in [0, 0.1) is 12.3 Å². The van der Waals surface area contributed by atoms with Gasteiger partial charge < -0.3 is 11.1 Å². The molecule has 0 atom stereocenters. The summed E-state index contributed by atoms with van der Waals surface area (Å²) in [6.07, 6.45) is 8.33. The van der Waals surface area contributed by atoms with Crippen LogP contribution in [0.25, 0.3) is 0 Å². The predicted molar refractivity (Wildman–Crippen MR) is 79.7 cm³/mol. The van der Waals surface area contributed by atoms with Gasteiger partial charge in [0.2, 0.25) is 0 Å². The van der Waals surface area contributed by atoms with Gasteiger partial charge in [-0.1, -0.05) is 19.3 Å². The topological polar surface area (TPSA) is 50.9 Å². The lowest BCUT2D eigenvalue weighted by molar-refractivity contribution is 0.215. The molecule has 18 heavy (non-hydrogen) atoms. The van der Waals surface area contributed by atoms with Crippen LogP contribution in [0.15, 0.2) is 16.7 Å². The second-order valence-electron chi connectivity index (χ2n) is 5.46. The molecule has 2 rings (SSSR count). The van der Waals surface area contributed by atoms with E-state index in [1.54, 1.807) is 0 Å². The average molecular weight is 312 g/mol. The number of rotatable bonds is 4. The van der Waals surface area contributed by atoms with E-state index >= 15 is 0 Å². The van der Waals surface area contributed by atoms with Crippen molar-refractivity contribution in [3.05, 3.63) is 22.3 Å². The quantitative estimate of drug-likeness (QED) is 0.895. The largest absolute Gasteiger partial charge is 0.369 e. The molecule has 0 unspecified atom stereocenters. The fourth-order valence-electron chi connectivity index (χ4n) is 2.69. The van der Waals surface area contributed by atoms with Crippen LogP contribution in [0.1, 0.15) is 37.7 Å². The van der Waals surface area contributed by atoms with E-state index in [9.17, 15) is 0 Å². The molecule has 1 aromatic heterocycles. The first kappa shape index (κ1) is 13.8. The molecule has 4 heteroatoms. The number of nitrogens with zero attached hydrogens (tertiary/aromatic N) is 1. The lowest BCUT2D eigenvalue weighted by atomic mass is 9.74. The first-order valence-corrected chi connectivity index (χ1v) is 7.51. The van der Waals surface area contributed by atoms with Crippen molar-refractivity contribution in [2.75, 3.05) is 18.4 Å². The molecule has 0 spiro atoms. The molecule has 1 aliphatic carbocycles. The number of pyridine rings is 1. The van der Waals surface area contributed by atoms with Crippen LogP contribution < -0.4 is 11.1 Å². The smallest absolute Gasteiger partial charge is 0.140 e. The maximum atomic E-state index is 5.99. The molecule has 100 valence electrons. The zero-order valence-electron chi connectivity index (χ0n) is 11.0. The summed E-state index contributed by atoms with van der Waals surface area (Å²) < 4.78 is 1.03. The van der Waals surface area contributed by atoms with Crippen LogP contribution in [0.2, 0.25) is 0 Å². The number of anilines is 1. The van der Waals surface area contributed by atoms with E-state index in [4.69, 9.17) is 5.73 Å². The number of aryl methyl sites for hydroxylation is 1. The van der Waals surface area contributed by atoms with Crippen LogP contribution in [0.4, 0.5) is 5.82 Å². The molecular weight excluding hydrogens is 290 g/mol. The summed E-state index contributed by atoms with van der Waals surface area (Å²) in [6.45, 7) is 3.74. The number of aromatic nitrogens is 1. The number of hydrogen-bond donors (Lipinski definition) is 2. The Kier molecular flexibility index (Phi) is 4.62. The molecule has 1 saturated carbocycles. The maximum absolute atomic E-state index is 5.99. The van der Waals surface area contributed by atoms with Crippen LogP contribution in [-0.4, -0.2) is 18.1 Å². The third-order valence-corrected chi connectivity index (χ3v) is 4.56. The lowest BCUT2D eigenvalue weighted by Crippen LogP contribution is -2.39. The Hall–Kier alpha value is -0.610. The van der Waals surface area contributed by atoms with E-state index in [0.29, 0.717) is 0 Å². The Bertz CT molecular complexity index is 400. The van der Waals surface area contributed by atoms with Crippen LogP contribution >= 0.6 is 15.9 Å². The van der Waals surface area contributed by atoms with Crippen molar-refractivity contribution < 1.29 is 0 Å². The van der Waals surface area contributed by atoms with Gasteiger partial charge >= 0.3 is 0 Å². The maximum Gasteiger partial charge on any atom is 0.140 e. The van der Waals surface area contributed by atoms with Crippen molar-refractivity contribution in [1.82, 2.24) is 4.98 Å². The second kappa shape index (κ2) is 6.02. The molecule has 1 fully saturated rings. The van der Waals surface area contributed by atoms with Gasteiger partial charge in [-0.05, 0) is 59.3 Å². The average Bonchev–Trinajstić information content (AvgIpc) is 2.39. The molecule has 0 bridgehead atoms. The Morgan fingerprint density at radius 1 is 1.39 bits per heavy atom. The minimum absolute atomic E-state index is 0.268. The van der Waals surface area contributed by atoms with Crippen molar-refractivity contribution in [2.24, 2.45) is 11.1 Å². The Morgan fingerprint density at radius 2 is 2.11 bits per heavy atom. The Morgan fingerprint density at radius 3 is 2.72 bits per heavy atom. The summed E-state index contributed by atoms with van der Waals surface area (Å²) >= 11 is 3.56. The van der Waals surface area contributed by atoms with Gasteiger partial charge in [0.05, 0.1) is 4.47 Å². The van der Waals surface area contributed by atoms with Gasteiger partial charge in [0.15, 0.2) is 0 Å². The summed E-state index contributed by atoms with van der Waals surface area (Å²) in [5, 5.41) is 3.46. The van der Waals surface area contributed by atoms with Crippen LogP contribution in [0.3, 0.4) is 0 Å². The Balaban J connectivity index is 2.01. The van der Waals surface area contributed by atoms with Gasteiger partial charge in [0.1, 0.15) is 5.82 Å². The molecule has 1 aromatic rings. The highest BCUT2D eigenvalue weighted by Gasteiger charge is 2.30. The summed E-state index contributed by atoms with van der Waals surface area (Å²) in [5.74, 6) is 0.930. The molecule has 0 radical (unpaired) electrons. The first-order chi connectivity index (χ1) is 8.65. The highest BCUT2D eigenvalue weighted by Crippen LogP contribution is 2.35. The Labute approximate surface area is 118 Å². The summed E-state index contributed by atoms with van der Waals surface area (Å²) in [7, 11) is 0. The summed E-state index contributed by atoms with van der Waals surface area (Å²) in [4.78, 5) is 4.43. The number of nitrogens with one attached hydrogen (secondary N) is 1. The molecule has 0 aromatic carbocycles. The zero-order valence-corrected chi connectivity index (χ0v) is 12.6. The zero-order chi connectivity index (χ0) is 13.0. The van der Waals surface area contributed by atoms with Crippen molar-refractivity contribution in [3.8, 4) is 0 Å². The number of hydrogen-bond acceptors (Lipinski definition) is 3. The van der Waals surface area contributed by atoms with Gasteiger partial charge in [-0.25, -0.2) is 4.98 Å². The lowest BCUT2D eigenvalue weighted by Gasteiger charge is -2.36. The highest BCUT2D eigenvalue weighted by atomic mass is 79.9. The standard InChI is InChI=1S/C14H22BrN3/c1-11-7-12(15)13(17-8-11)18-10-14(9-16)5-3-2-4-6-14/h7-8H,2-6,9-10,16H2,1H3,(H,17,18).